The number of methoxy groups -OCH3 is 1. The standard InChI is InChI=1S/C16H14O3/c1-19-15-10-9-13(11-14(15)16(17)18)8-7-12-5-3-2-4-6-12/h2-11H,1H3,(H,17,18). The van der Waals surface area contributed by atoms with Crippen LogP contribution in [0, 0.1) is 0 Å². The molecular formula is C16H14O3. The molecule has 0 spiro atoms. The van der Waals surface area contributed by atoms with E-state index in [9.17, 15) is 4.79 Å². The number of hydrogen-bond acceptors (Lipinski definition) is 2. The number of ether oxygens (including phenoxy) is 1. The molecule has 0 saturated heterocycles. The number of benzene rings is 2. The molecule has 3 heteroatoms. The van der Waals surface area contributed by atoms with Gasteiger partial charge in [0.2, 0.25) is 0 Å². The van der Waals surface area contributed by atoms with Gasteiger partial charge in [-0.3, -0.25) is 0 Å². The van der Waals surface area contributed by atoms with Crippen LogP contribution >= 0.6 is 0 Å². The largest absolute Gasteiger partial charge is 0.496 e. The molecule has 2 aromatic rings. The van der Waals surface area contributed by atoms with E-state index >= 15 is 0 Å². The van der Waals surface area contributed by atoms with Gasteiger partial charge in [-0.2, -0.15) is 0 Å². The quantitative estimate of drug-likeness (QED) is 0.848. The Morgan fingerprint density at radius 2 is 1.74 bits per heavy atom. The van der Waals surface area contributed by atoms with Crippen LogP contribution in [0.5, 0.6) is 5.75 Å². The predicted octanol–water partition coefficient (Wildman–Crippen LogP) is 3.56. The van der Waals surface area contributed by atoms with Gasteiger partial charge < -0.3 is 9.84 Å². The summed E-state index contributed by atoms with van der Waals surface area (Å²) >= 11 is 0. The second-order valence-electron chi connectivity index (χ2n) is 4.01. The second kappa shape index (κ2) is 5.87. The van der Waals surface area contributed by atoms with Crippen molar-refractivity contribution in [1.82, 2.24) is 0 Å². The van der Waals surface area contributed by atoms with Gasteiger partial charge in [0.05, 0.1) is 7.11 Å². The van der Waals surface area contributed by atoms with Gasteiger partial charge in [-0.1, -0.05) is 48.6 Å². The van der Waals surface area contributed by atoms with Crippen LogP contribution in [0.2, 0.25) is 0 Å². The van der Waals surface area contributed by atoms with Crippen LogP contribution in [-0.2, 0) is 0 Å². The van der Waals surface area contributed by atoms with E-state index in [-0.39, 0.29) is 5.56 Å². The summed E-state index contributed by atoms with van der Waals surface area (Å²) in [5.41, 5.74) is 2.05. The molecule has 0 aliphatic rings. The van der Waals surface area contributed by atoms with Gasteiger partial charge in [-0.15, -0.1) is 0 Å². The Morgan fingerprint density at radius 3 is 2.37 bits per heavy atom. The predicted molar refractivity (Wildman–Crippen MR) is 75.3 cm³/mol. The average molecular weight is 254 g/mol. The number of hydrogen-bond donors (Lipinski definition) is 1. The number of carboxylic acids is 1. The zero-order valence-corrected chi connectivity index (χ0v) is 10.5. The van der Waals surface area contributed by atoms with Gasteiger partial charge in [-0.25, -0.2) is 4.79 Å². The maximum Gasteiger partial charge on any atom is 0.339 e. The average Bonchev–Trinajstić information content (AvgIpc) is 2.46. The summed E-state index contributed by atoms with van der Waals surface area (Å²) in [7, 11) is 1.46. The molecule has 0 radical (unpaired) electrons. The summed E-state index contributed by atoms with van der Waals surface area (Å²) in [5, 5.41) is 9.10. The topological polar surface area (TPSA) is 46.5 Å². The molecule has 0 atom stereocenters. The molecule has 0 heterocycles. The van der Waals surface area contributed by atoms with Gasteiger partial charge in [-0.05, 0) is 23.3 Å². The van der Waals surface area contributed by atoms with Crippen LogP contribution in [-0.4, -0.2) is 18.2 Å². The van der Waals surface area contributed by atoms with Crippen molar-refractivity contribution in [3.8, 4) is 5.75 Å². The van der Waals surface area contributed by atoms with E-state index in [0.717, 1.165) is 11.1 Å². The number of carboxylic acid groups (broad SMARTS) is 1. The van der Waals surface area contributed by atoms with Gasteiger partial charge in [0.15, 0.2) is 0 Å². The van der Waals surface area contributed by atoms with E-state index in [1.165, 1.54) is 7.11 Å². The van der Waals surface area contributed by atoms with Crippen LogP contribution in [0.3, 0.4) is 0 Å². The van der Waals surface area contributed by atoms with E-state index in [1.54, 1.807) is 12.1 Å². The van der Waals surface area contributed by atoms with E-state index in [4.69, 9.17) is 9.84 Å². The lowest BCUT2D eigenvalue weighted by Gasteiger charge is -2.05. The minimum atomic E-state index is -0.994. The lowest BCUT2D eigenvalue weighted by molar-refractivity contribution is 0.0693. The van der Waals surface area contributed by atoms with Crippen molar-refractivity contribution >= 4 is 18.1 Å². The maximum atomic E-state index is 11.1. The number of aromatic carboxylic acids is 1. The molecule has 0 bridgehead atoms. The molecule has 0 saturated carbocycles. The Bertz CT molecular complexity index is 601. The molecule has 3 nitrogen and oxygen atoms in total. The molecule has 2 aromatic carbocycles. The zero-order chi connectivity index (χ0) is 13.7. The monoisotopic (exact) mass is 254 g/mol. The molecule has 1 N–H and O–H groups in total. The van der Waals surface area contributed by atoms with Gasteiger partial charge in [0.25, 0.3) is 0 Å². The minimum absolute atomic E-state index is 0.165. The fourth-order valence-electron chi connectivity index (χ4n) is 1.75. The van der Waals surface area contributed by atoms with Crippen molar-refractivity contribution in [3.63, 3.8) is 0 Å². The molecule has 0 aliphatic carbocycles. The van der Waals surface area contributed by atoms with Crippen LogP contribution in [0.25, 0.3) is 12.2 Å². The Balaban J connectivity index is 2.29. The highest BCUT2D eigenvalue weighted by atomic mass is 16.5. The fourth-order valence-corrected chi connectivity index (χ4v) is 1.75. The summed E-state index contributed by atoms with van der Waals surface area (Å²) < 4.78 is 5.02. The molecule has 96 valence electrons. The minimum Gasteiger partial charge on any atom is -0.496 e. The first-order valence-electron chi connectivity index (χ1n) is 5.85. The molecule has 0 amide bonds. The number of rotatable bonds is 4. The van der Waals surface area contributed by atoms with Crippen LogP contribution in [0.4, 0.5) is 0 Å². The zero-order valence-electron chi connectivity index (χ0n) is 10.5. The highest BCUT2D eigenvalue weighted by molar-refractivity contribution is 5.92. The summed E-state index contributed by atoms with van der Waals surface area (Å²) in [6.45, 7) is 0. The summed E-state index contributed by atoms with van der Waals surface area (Å²) in [5.74, 6) is -0.629. The first-order valence-corrected chi connectivity index (χ1v) is 5.85. The Kier molecular flexibility index (Phi) is 3.98. The van der Waals surface area contributed by atoms with Crippen molar-refractivity contribution in [2.45, 2.75) is 0 Å². The molecule has 0 fully saturated rings. The van der Waals surface area contributed by atoms with Crippen LogP contribution < -0.4 is 4.74 Å². The SMILES string of the molecule is COc1ccc(C=Cc2ccccc2)cc1C(=O)O. The van der Waals surface area contributed by atoms with Gasteiger partial charge >= 0.3 is 5.97 Å². The lowest BCUT2D eigenvalue weighted by atomic mass is 10.1. The Labute approximate surface area is 111 Å². The second-order valence-corrected chi connectivity index (χ2v) is 4.01. The van der Waals surface area contributed by atoms with Crippen molar-refractivity contribution < 1.29 is 14.6 Å². The fraction of sp³-hybridized carbons (Fsp3) is 0.0625. The van der Waals surface area contributed by atoms with E-state index in [2.05, 4.69) is 0 Å². The molecular weight excluding hydrogens is 240 g/mol. The molecule has 19 heavy (non-hydrogen) atoms. The van der Waals surface area contributed by atoms with Gasteiger partial charge in [0, 0.05) is 0 Å². The highest BCUT2D eigenvalue weighted by Crippen LogP contribution is 2.21. The third kappa shape index (κ3) is 3.22. The van der Waals surface area contributed by atoms with E-state index in [1.807, 2.05) is 48.6 Å². The Hall–Kier alpha value is -2.55. The van der Waals surface area contributed by atoms with Crippen LogP contribution in [0.15, 0.2) is 48.5 Å². The van der Waals surface area contributed by atoms with Crippen molar-refractivity contribution in [2.24, 2.45) is 0 Å². The smallest absolute Gasteiger partial charge is 0.339 e. The number of carbonyl (C=O) groups is 1. The Morgan fingerprint density at radius 1 is 1.05 bits per heavy atom. The molecule has 0 aliphatic heterocycles. The first kappa shape index (κ1) is 12.9. The lowest BCUT2D eigenvalue weighted by Crippen LogP contribution is -2.00. The van der Waals surface area contributed by atoms with Crippen molar-refractivity contribution in [3.05, 3.63) is 65.2 Å². The summed E-state index contributed by atoms with van der Waals surface area (Å²) in [4.78, 5) is 11.1. The molecule has 0 unspecified atom stereocenters. The first-order chi connectivity index (χ1) is 9.20. The van der Waals surface area contributed by atoms with E-state index in [0.29, 0.717) is 5.75 Å². The maximum absolute atomic E-state index is 11.1. The highest BCUT2D eigenvalue weighted by Gasteiger charge is 2.10. The normalized spacial score (nSPS) is 10.6. The third-order valence-electron chi connectivity index (χ3n) is 2.72. The van der Waals surface area contributed by atoms with Crippen molar-refractivity contribution in [1.29, 1.82) is 0 Å². The van der Waals surface area contributed by atoms with E-state index < -0.39 is 5.97 Å². The summed E-state index contributed by atoms with van der Waals surface area (Å²) in [6, 6.07) is 14.9. The summed E-state index contributed by atoms with van der Waals surface area (Å²) in [6.07, 6.45) is 3.81. The molecule has 2 rings (SSSR count). The third-order valence-corrected chi connectivity index (χ3v) is 2.72. The van der Waals surface area contributed by atoms with Gasteiger partial charge in [0.1, 0.15) is 11.3 Å². The molecule has 0 aromatic heterocycles. The van der Waals surface area contributed by atoms with Crippen molar-refractivity contribution in [2.75, 3.05) is 7.11 Å². The van der Waals surface area contributed by atoms with Crippen LogP contribution in [0.1, 0.15) is 21.5 Å².